The lowest BCUT2D eigenvalue weighted by atomic mass is 10.2. The van der Waals surface area contributed by atoms with Crippen LogP contribution in [0, 0.1) is 0 Å². The lowest BCUT2D eigenvalue weighted by molar-refractivity contribution is 0.201. The fourth-order valence-electron chi connectivity index (χ4n) is 3.13. The molecule has 1 aromatic heterocycles. The summed E-state index contributed by atoms with van der Waals surface area (Å²) in [6.07, 6.45) is 7.22. The average Bonchev–Trinajstić information content (AvgIpc) is 3.11. The van der Waals surface area contributed by atoms with Gasteiger partial charge in [0.1, 0.15) is 6.10 Å². The SMILES string of the molecule is CS(=O)(=O)c1cc(S(N)(=O)=O)ccc1NCc1ccnc(OC2CCCC2)c1. The van der Waals surface area contributed by atoms with Gasteiger partial charge < -0.3 is 10.1 Å². The fourth-order valence-corrected chi connectivity index (χ4v) is 4.63. The molecule has 3 N–H and O–H groups in total. The van der Waals surface area contributed by atoms with E-state index in [1.807, 2.05) is 6.07 Å². The van der Waals surface area contributed by atoms with Gasteiger partial charge in [-0.2, -0.15) is 0 Å². The monoisotopic (exact) mass is 425 g/mol. The van der Waals surface area contributed by atoms with Gasteiger partial charge in [-0.1, -0.05) is 0 Å². The summed E-state index contributed by atoms with van der Waals surface area (Å²) >= 11 is 0. The van der Waals surface area contributed by atoms with Crippen LogP contribution in [0.1, 0.15) is 31.2 Å². The van der Waals surface area contributed by atoms with E-state index in [2.05, 4.69) is 10.3 Å². The number of pyridine rings is 1. The number of nitrogens with one attached hydrogen (secondary N) is 1. The second-order valence-corrected chi connectivity index (χ2v) is 10.4. The molecule has 1 aliphatic carbocycles. The van der Waals surface area contributed by atoms with Crippen LogP contribution in [0.3, 0.4) is 0 Å². The summed E-state index contributed by atoms with van der Waals surface area (Å²) in [5.41, 5.74) is 1.16. The zero-order chi connectivity index (χ0) is 20.4. The molecule has 0 saturated heterocycles. The molecule has 28 heavy (non-hydrogen) atoms. The molecule has 0 amide bonds. The molecule has 8 nitrogen and oxygen atoms in total. The maximum atomic E-state index is 12.1. The van der Waals surface area contributed by atoms with E-state index >= 15 is 0 Å². The van der Waals surface area contributed by atoms with Crippen LogP contribution in [0.25, 0.3) is 0 Å². The number of ether oxygens (including phenoxy) is 1. The van der Waals surface area contributed by atoms with E-state index < -0.39 is 19.9 Å². The molecule has 3 rings (SSSR count). The van der Waals surface area contributed by atoms with Crippen LogP contribution < -0.4 is 15.2 Å². The molecule has 0 atom stereocenters. The Bertz CT molecular complexity index is 1060. The first-order valence-electron chi connectivity index (χ1n) is 8.85. The number of rotatable bonds is 7. The number of nitrogens with two attached hydrogens (primary N) is 1. The Morgan fingerprint density at radius 3 is 2.50 bits per heavy atom. The molecule has 1 aliphatic rings. The smallest absolute Gasteiger partial charge is 0.238 e. The summed E-state index contributed by atoms with van der Waals surface area (Å²) in [6.45, 7) is 0.320. The second-order valence-electron chi connectivity index (χ2n) is 6.86. The zero-order valence-corrected chi connectivity index (χ0v) is 17.1. The minimum atomic E-state index is -4.00. The largest absolute Gasteiger partial charge is 0.474 e. The van der Waals surface area contributed by atoms with Gasteiger partial charge in [-0.25, -0.2) is 27.0 Å². The van der Waals surface area contributed by atoms with Crippen LogP contribution in [0.5, 0.6) is 5.88 Å². The molecular formula is C18H23N3O5S2. The summed E-state index contributed by atoms with van der Waals surface area (Å²) < 4.78 is 53.1. The van der Waals surface area contributed by atoms with Crippen molar-refractivity contribution in [2.45, 2.75) is 48.1 Å². The highest BCUT2D eigenvalue weighted by Gasteiger charge is 2.19. The summed E-state index contributed by atoms with van der Waals surface area (Å²) in [7, 11) is -7.67. The molecular weight excluding hydrogens is 402 g/mol. The molecule has 1 fully saturated rings. The Kier molecular flexibility index (Phi) is 5.92. The van der Waals surface area contributed by atoms with Crippen molar-refractivity contribution in [3.63, 3.8) is 0 Å². The van der Waals surface area contributed by atoms with Gasteiger partial charge in [-0.3, -0.25) is 0 Å². The van der Waals surface area contributed by atoms with Gasteiger partial charge in [0.2, 0.25) is 15.9 Å². The molecule has 1 heterocycles. The number of primary sulfonamides is 1. The zero-order valence-electron chi connectivity index (χ0n) is 15.5. The Morgan fingerprint density at radius 2 is 1.86 bits per heavy atom. The van der Waals surface area contributed by atoms with Crippen molar-refractivity contribution in [3.8, 4) is 5.88 Å². The molecule has 152 valence electrons. The predicted octanol–water partition coefficient (Wildman–Crippen LogP) is 2.07. The van der Waals surface area contributed by atoms with E-state index in [1.165, 1.54) is 12.1 Å². The third-order valence-electron chi connectivity index (χ3n) is 4.55. The molecule has 0 spiro atoms. The van der Waals surface area contributed by atoms with Crippen LogP contribution in [-0.2, 0) is 26.4 Å². The molecule has 0 aliphatic heterocycles. The average molecular weight is 426 g/mol. The quantitative estimate of drug-likeness (QED) is 0.695. The minimum Gasteiger partial charge on any atom is -0.474 e. The van der Waals surface area contributed by atoms with E-state index in [9.17, 15) is 16.8 Å². The van der Waals surface area contributed by atoms with Crippen LogP contribution in [0.15, 0.2) is 46.3 Å². The number of anilines is 1. The summed E-state index contributed by atoms with van der Waals surface area (Å²) in [5, 5.41) is 8.14. The number of aromatic nitrogens is 1. The Morgan fingerprint density at radius 1 is 1.14 bits per heavy atom. The molecule has 10 heteroatoms. The molecule has 1 aromatic carbocycles. The number of benzene rings is 1. The third kappa shape index (κ3) is 5.21. The maximum Gasteiger partial charge on any atom is 0.238 e. The molecule has 0 bridgehead atoms. The van der Waals surface area contributed by atoms with Gasteiger partial charge in [-0.05, 0) is 55.5 Å². The second kappa shape index (κ2) is 8.06. The van der Waals surface area contributed by atoms with Crippen molar-refractivity contribution in [3.05, 3.63) is 42.1 Å². The topological polar surface area (TPSA) is 128 Å². The first-order chi connectivity index (χ1) is 13.1. The van der Waals surface area contributed by atoms with Gasteiger partial charge in [0, 0.05) is 25.1 Å². The van der Waals surface area contributed by atoms with Crippen molar-refractivity contribution in [2.75, 3.05) is 11.6 Å². The first-order valence-corrected chi connectivity index (χ1v) is 12.3. The molecule has 0 radical (unpaired) electrons. The molecule has 0 unspecified atom stereocenters. The summed E-state index contributed by atoms with van der Waals surface area (Å²) in [4.78, 5) is 3.84. The van der Waals surface area contributed by atoms with Crippen molar-refractivity contribution in [2.24, 2.45) is 5.14 Å². The van der Waals surface area contributed by atoms with Gasteiger partial charge in [-0.15, -0.1) is 0 Å². The highest BCUT2D eigenvalue weighted by Crippen LogP contribution is 2.26. The van der Waals surface area contributed by atoms with E-state index in [-0.39, 0.29) is 15.9 Å². The van der Waals surface area contributed by atoms with Gasteiger partial charge in [0.15, 0.2) is 9.84 Å². The highest BCUT2D eigenvalue weighted by molar-refractivity contribution is 7.91. The summed E-state index contributed by atoms with van der Waals surface area (Å²) in [5.74, 6) is 0.541. The van der Waals surface area contributed by atoms with Crippen molar-refractivity contribution in [1.82, 2.24) is 4.98 Å². The number of sulfone groups is 1. The highest BCUT2D eigenvalue weighted by atomic mass is 32.2. The number of sulfonamides is 1. The van der Waals surface area contributed by atoms with Gasteiger partial charge in [0.25, 0.3) is 0 Å². The van der Waals surface area contributed by atoms with E-state index in [4.69, 9.17) is 9.88 Å². The molecule has 2 aromatic rings. The van der Waals surface area contributed by atoms with Crippen LogP contribution in [0.2, 0.25) is 0 Å². The van der Waals surface area contributed by atoms with Crippen LogP contribution in [0.4, 0.5) is 5.69 Å². The number of hydrogen-bond donors (Lipinski definition) is 2. The lowest BCUT2D eigenvalue weighted by Gasteiger charge is -2.14. The minimum absolute atomic E-state index is 0.129. The standard InChI is InChI=1S/C18H23N3O5S2/c1-27(22,23)17-11-15(28(19,24)25)6-7-16(17)21-12-13-8-9-20-18(10-13)26-14-4-2-3-5-14/h6-11,14,21H,2-5,12H2,1H3,(H2,19,24,25). The van der Waals surface area contributed by atoms with E-state index in [0.717, 1.165) is 43.6 Å². The summed E-state index contributed by atoms with van der Waals surface area (Å²) in [6, 6.07) is 7.34. The van der Waals surface area contributed by atoms with Gasteiger partial charge >= 0.3 is 0 Å². The van der Waals surface area contributed by atoms with Crippen LogP contribution >= 0.6 is 0 Å². The Hall–Kier alpha value is -2.17. The van der Waals surface area contributed by atoms with Gasteiger partial charge in [0.05, 0.1) is 15.5 Å². The predicted molar refractivity (Wildman–Crippen MR) is 105 cm³/mol. The van der Waals surface area contributed by atoms with Crippen LogP contribution in [-0.4, -0.2) is 34.2 Å². The first kappa shape index (κ1) is 20.6. The van der Waals surface area contributed by atoms with E-state index in [0.29, 0.717) is 18.1 Å². The maximum absolute atomic E-state index is 12.1. The lowest BCUT2D eigenvalue weighted by Crippen LogP contribution is -2.14. The normalized spacial score (nSPS) is 15.5. The van der Waals surface area contributed by atoms with Crippen molar-refractivity contribution >= 4 is 25.5 Å². The van der Waals surface area contributed by atoms with Crippen molar-refractivity contribution < 1.29 is 21.6 Å². The fraction of sp³-hybridized carbons (Fsp3) is 0.389. The number of hydrogen-bond acceptors (Lipinski definition) is 7. The molecule has 1 saturated carbocycles. The Labute approximate surface area is 165 Å². The van der Waals surface area contributed by atoms with Crippen molar-refractivity contribution in [1.29, 1.82) is 0 Å². The van der Waals surface area contributed by atoms with E-state index in [1.54, 1.807) is 12.3 Å². The third-order valence-corrected chi connectivity index (χ3v) is 6.60. The number of nitrogens with zero attached hydrogens (tertiary/aromatic N) is 1. The Balaban J connectivity index is 1.79.